The van der Waals surface area contributed by atoms with Crippen molar-refractivity contribution in [1.82, 2.24) is 5.32 Å². The number of hydrogen-bond donors (Lipinski definition) is 1. The van der Waals surface area contributed by atoms with Crippen molar-refractivity contribution in [3.05, 3.63) is 77.9 Å². The molecule has 0 bridgehead atoms. The van der Waals surface area contributed by atoms with E-state index in [0.29, 0.717) is 6.04 Å². The molecular weight excluding hydrogens is 274 g/mol. The first-order valence-corrected chi connectivity index (χ1v) is 7.86. The highest BCUT2D eigenvalue weighted by Crippen LogP contribution is 2.26. The van der Waals surface area contributed by atoms with Crippen LogP contribution in [0.15, 0.2) is 66.7 Å². The summed E-state index contributed by atoms with van der Waals surface area (Å²) in [5.74, 6) is 0. The zero-order valence-corrected chi connectivity index (χ0v) is 12.8. The first-order valence-electron chi connectivity index (χ1n) is 7.45. The van der Waals surface area contributed by atoms with Crippen LogP contribution in [0.4, 0.5) is 0 Å². The molecule has 0 aliphatic heterocycles. The molecule has 1 nitrogen and oxygen atoms in total. The molecule has 0 saturated heterocycles. The molecule has 0 radical (unpaired) electrons. The van der Waals surface area contributed by atoms with E-state index in [9.17, 15) is 0 Å². The Kier molecular flexibility index (Phi) is 4.46. The van der Waals surface area contributed by atoms with E-state index in [1.807, 2.05) is 18.2 Å². The second-order valence-corrected chi connectivity index (χ2v) is 5.80. The lowest BCUT2D eigenvalue weighted by molar-refractivity contribution is 0.611. The third-order valence-corrected chi connectivity index (χ3v) is 4.21. The number of hydrogen-bond acceptors (Lipinski definition) is 1. The summed E-state index contributed by atoms with van der Waals surface area (Å²) in [7, 11) is 0. The van der Waals surface area contributed by atoms with Gasteiger partial charge < -0.3 is 5.32 Å². The summed E-state index contributed by atoms with van der Waals surface area (Å²) in [5.41, 5.74) is 3.84. The number of nitrogens with one attached hydrogen (secondary N) is 1. The highest BCUT2D eigenvalue weighted by molar-refractivity contribution is 7.80. The second kappa shape index (κ2) is 6.68. The maximum atomic E-state index is 5.52. The molecule has 2 aromatic carbocycles. The maximum Gasteiger partial charge on any atom is 0.107 e. The summed E-state index contributed by atoms with van der Waals surface area (Å²) in [5, 5.41) is 3.49. The molecule has 0 fully saturated rings. The fourth-order valence-corrected chi connectivity index (χ4v) is 3.06. The van der Waals surface area contributed by atoms with E-state index in [1.165, 1.54) is 17.6 Å². The van der Waals surface area contributed by atoms with Crippen LogP contribution in [0, 0.1) is 0 Å². The monoisotopic (exact) mass is 293 g/mol. The SMILES string of the molecule is S=C(NC1C=C(c2ccccc2)CCC1)c1ccccc1. The largest absolute Gasteiger partial charge is 0.370 e. The quantitative estimate of drug-likeness (QED) is 0.831. The normalized spacial score (nSPS) is 17.9. The van der Waals surface area contributed by atoms with Crippen molar-refractivity contribution < 1.29 is 0 Å². The highest BCUT2D eigenvalue weighted by Gasteiger charge is 2.15. The zero-order chi connectivity index (χ0) is 14.5. The van der Waals surface area contributed by atoms with Gasteiger partial charge in [0.2, 0.25) is 0 Å². The lowest BCUT2D eigenvalue weighted by Gasteiger charge is -2.23. The van der Waals surface area contributed by atoms with Gasteiger partial charge >= 0.3 is 0 Å². The van der Waals surface area contributed by atoms with Gasteiger partial charge in [-0.2, -0.15) is 0 Å². The molecule has 1 unspecified atom stereocenters. The van der Waals surface area contributed by atoms with Crippen LogP contribution < -0.4 is 5.32 Å². The Bertz CT molecular complexity index is 631. The summed E-state index contributed by atoms with van der Waals surface area (Å²) >= 11 is 5.52. The molecular formula is C19H19NS. The van der Waals surface area contributed by atoms with Gasteiger partial charge in [0, 0.05) is 11.6 Å². The van der Waals surface area contributed by atoms with E-state index in [2.05, 4.69) is 53.9 Å². The maximum absolute atomic E-state index is 5.52. The fourth-order valence-electron chi connectivity index (χ4n) is 2.77. The lowest BCUT2D eigenvalue weighted by atomic mass is 9.91. The standard InChI is InChI=1S/C19H19NS/c21-19(16-10-5-2-6-11-16)20-18-13-7-12-17(14-18)15-8-3-1-4-9-15/h1-6,8-11,14,18H,7,12-13H2,(H,20,21). The van der Waals surface area contributed by atoms with Crippen molar-refractivity contribution in [2.75, 3.05) is 0 Å². The Labute approximate surface area is 131 Å². The van der Waals surface area contributed by atoms with Gasteiger partial charge in [0.05, 0.1) is 0 Å². The average Bonchev–Trinajstić information content (AvgIpc) is 2.57. The van der Waals surface area contributed by atoms with Crippen molar-refractivity contribution in [2.45, 2.75) is 25.3 Å². The van der Waals surface area contributed by atoms with Crippen molar-refractivity contribution in [2.24, 2.45) is 0 Å². The fraction of sp³-hybridized carbons (Fsp3) is 0.211. The van der Waals surface area contributed by atoms with E-state index >= 15 is 0 Å². The second-order valence-electron chi connectivity index (χ2n) is 5.40. The average molecular weight is 293 g/mol. The van der Waals surface area contributed by atoms with Crippen LogP contribution in [-0.2, 0) is 0 Å². The summed E-state index contributed by atoms with van der Waals surface area (Å²) in [6.45, 7) is 0. The Balaban J connectivity index is 1.73. The van der Waals surface area contributed by atoms with Crippen LogP contribution in [0.5, 0.6) is 0 Å². The van der Waals surface area contributed by atoms with Crippen LogP contribution >= 0.6 is 12.2 Å². The highest BCUT2D eigenvalue weighted by atomic mass is 32.1. The molecule has 2 heteroatoms. The Morgan fingerprint density at radius 3 is 2.33 bits per heavy atom. The predicted molar refractivity (Wildman–Crippen MR) is 93.3 cm³/mol. The minimum Gasteiger partial charge on any atom is -0.370 e. The number of thiocarbonyl (C=S) groups is 1. The van der Waals surface area contributed by atoms with Gasteiger partial charge in [-0.3, -0.25) is 0 Å². The van der Waals surface area contributed by atoms with Crippen molar-refractivity contribution in [3.63, 3.8) is 0 Å². The van der Waals surface area contributed by atoms with E-state index in [-0.39, 0.29) is 0 Å². The van der Waals surface area contributed by atoms with E-state index in [1.54, 1.807) is 0 Å². The Morgan fingerprint density at radius 2 is 1.62 bits per heavy atom. The van der Waals surface area contributed by atoms with Crippen LogP contribution in [0.1, 0.15) is 30.4 Å². The topological polar surface area (TPSA) is 12.0 Å². The molecule has 1 atom stereocenters. The number of benzene rings is 2. The summed E-state index contributed by atoms with van der Waals surface area (Å²) in [4.78, 5) is 0.839. The zero-order valence-electron chi connectivity index (χ0n) is 12.0. The summed E-state index contributed by atoms with van der Waals surface area (Å²) < 4.78 is 0. The molecule has 106 valence electrons. The van der Waals surface area contributed by atoms with Crippen molar-refractivity contribution in [1.29, 1.82) is 0 Å². The van der Waals surface area contributed by atoms with E-state index in [4.69, 9.17) is 12.2 Å². The Hall–Kier alpha value is -1.93. The van der Waals surface area contributed by atoms with Gasteiger partial charge in [-0.1, -0.05) is 79.0 Å². The van der Waals surface area contributed by atoms with Gasteiger partial charge in [0.1, 0.15) is 4.99 Å². The van der Waals surface area contributed by atoms with Crippen molar-refractivity contribution in [3.8, 4) is 0 Å². The van der Waals surface area contributed by atoms with Gasteiger partial charge in [0.25, 0.3) is 0 Å². The third-order valence-electron chi connectivity index (χ3n) is 3.86. The number of rotatable bonds is 3. The molecule has 1 N–H and O–H groups in total. The van der Waals surface area contributed by atoms with Gasteiger partial charge in [-0.05, 0) is 30.4 Å². The van der Waals surface area contributed by atoms with E-state index in [0.717, 1.165) is 23.4 Å². The van der Waals surface area contributed by atoms with Gasteiger partial charge in [-0.25, -0.2) is 0 Å². The van der Waals surface area contributed by atoms with Crippen LogP contribution in [-0.4, -0.2) is 11.0 Å². The molecule has 1 aliphatic carbocycles. The molecule has 21 heavy (non-hydrogen) atoms. The summed E-state index contributed by atoms with van der Waals surface area (Å²) in [6.07, 6.45) is 5.84. The third kappa shape index (κ3) is 3.59. The molecule has 1 aliphatic rings. The Morgan fingerprint density at radius 1 is 0.952 bits per heavy atom. The van der Waals surface area contributed by atoms with Crippen LogP contribution in [0.3, 0.4) is 0 Å². The first-order chi connectivity index (χ1) is 10.3. The molecule has 0 saturated carbocycles. The predicted octanol–water partition coefficient (Wildman–Crippen LogP) is 4.59. The molecule has 0 amide bonds. The van der Waals surface area contributed by atoms with Crippen LogP contribution in [0.2, 0.25) is 0 Å². The molecule has 0 aromatic heterocycles. The van der Waals surface area contributed by atoms with Crippen molar-refractivity contribution >= 4 is 22.8 Å². The molecule has 2 aromatic rings. The molecule has 0 spiro atoms. The molecule has 3 rings (SSSR count). The minimum atomic E-state index is 0.335. The smallest absolute Gasteiger partial charge is 0.107 e. The van der Waals surface area contributed by atoms with Gasteiger partial charge in [-0.15, -0.1) is 0 Å². The molecule has 0 heterocycles. The van der Waals surface area contributed by atoms with E-state index < -0.39 is 0 Å². The first kappa shape index (κ1) is 14.0. The number of allylic oxidation sites excluding steroid dienone is 1. The minimum absolute atomic E-state index is 0.335. The summed E-state index contributed by atoms with van der Waals surface area (Å²) in [6, 6.07) is 21.1. The van der Waals surface area contributed by atoms with Gasteiger partial charge in [0.15, 0.2) is 0 Å². The van der Waals surface area contributed by atoms with Crippen LogP contribution in [0.25, 0.3) is 5.57 Å². The lowest BCUT2D eigenvalue weighted by Crippen LogP contribution is -2.34.